The number of aromatic amines is 1. The number of Topliss-reactive ketones (excluding diaryl/α,β-unsaturated/α-hetero) is 1. The molecule has 1 aromatic carbocycles. The van der Waals surface area contributed by atoms with Gasteiger partial charge in [-0.2, -0.15) is 0 Å². The van der Waals surface area contributed by atoms with Crippen molar-refractivity contribution in [2.75, 3.05) is 19.6 Å². The zero-order chi connectivity index (χ0) is 13.1. The molecule has 0 spiro atoms. The van der Waals surface area contributed by atoms with E-state index in [1.807, 2.05) is 18.2 Å². The lowest BCUT2D eigenvalue weighted by atomic mass is 9.99. The molecule has 1 atom stereocenters. The molecular formula is C16H18N2O. The van der Waals surface area contributed by atoms with E-state index in [9.17, 15) is 4.79 Å². The first-order valence-corrected chi connectivity index (χ1v) is 6.77. The lowest BCUT2D eigenvalue weighted by Crippen LogP contribution is -2.27. The third kappa shape index (κ3) is 2.76. The summed E-state index contributed by atoms with van der Waals surface area (Å²) in [6.45, 7) is 2.51. The van der Waals surface area contributed by atoms with Gasteiger partial charge < -0.3 is 4.98 Å². The Bertz CT molecular complexity index is 533. The molecule has 3 rings (SSSR count). The molecule has 0 bridgehead atoms. The van der Waals surface area contributed by atoms with Crippen molar-refractivity contribution in [3.8, 4) is 0 Å². The van der Waals surface area contributed by atoms with E-state index in [0.717, 1.165) is 19.5 Å². The van der Waals surface area contributed by atoms with Gasteiger partial charge in [-0.25, -0.2) is 0 Å². The summed E-state index contributed by atoms with van der Waals surface area (Å²) in [5, 5.41) is 0. The average molecular weight is 254 g/mol. The largest absolute Gasteiger partial charge is 0.359 e. The third-order valence-electron chi connectivity index (χ3n) is 3.81. The van der Waals surface area contributed by atoms with Crippen molar-refractivity contribution >= 4 is 5.78 Å². The van der Waals surface area contributed by atoms with Crippen LogP contribution in [0.25, 0.3) is 0 Å². The molecule has 1 aliphatic rings. The van der Waals surface area contributed by atoms with Crippen LogP contribution in [0.2, 0.25) is 0 Å². The number of nitrogens with one attached hydrogen (secondary N) is 1. The first kappa shape index (κ1) is 12.2. The van der Waals surface area contributed by atoms with Crippen molar-refractivity contribution in [3.05, 3.63) is 59.9 Å². The molecule has 3 nitrogen and oxygen atoms in total. The Kier molecular flexibility index (Phi) is 3.47. The summed E-state index contributed by atoms with van der Waals surface area (Å²) < 4.78 is 0. The Morgan fingerprint density at radius 2 is 2.05 bits per heavy atom. The van der Waals surface area contributed by atoms with E-state index < -0.39 is 0 Å². The van der Waals surface area contributed by atoms with Crippen molar-refractivity contribution < 1.29 is 4.79 Å². The van der Waals surface area contributed by atoms with Crippen molar-refractivity contribution in [3.63, 3.8) is 0 Å². The van der Waals surface area contributed by atoms with Crippen LogP contribution in [0.3, 0.4) is 0 Å². The smallest absolute Gasteiger partial charge is 0.192 e. The maximum atomic E-state index is 12.0. The number of benzene rings is 1. The molecule has 1 saturated heterocycles. The van der Waals surface area contributed by atoms with E-state index in [1.165, 1.54) is 5.56 Å². The van der Waals surface area contributed by atoms with Crippen molar-refractivity contribution in [2.45, 2.75) is 12.3 Å². The molecule has 1 N–H and O–H groups in total. The number of carbonyl (C=O) groups is 1. The summed E-state index contributed by atoms with van der Waals surface area (Å²) in [5.74, 6) is 0.747. The summed E-state index contributed by atoms with van der Waals surface area (Å²) in [5.41, 5.74) is 2.10. The highest BCUT2D eigenvalue weighted by atomic mass is 16.1. The standard InChI is InChI=1S/C16H18N2O/c19-16(15-7-4-9-17-15)12-18-10-8-14(11-18)13-5-2-1-3-6-13/h1-7,9,14,17H,8,10-12H2. The number of hydrogen-bond donors (Lipinski definition) is 1. The van der Waals surface area contributed by atoms with Gasteiger partial charge in [-0.15, -0.1) is 0 Å². The minimum Gasteiger partial charge on any atom is -0.359 e. The Balaban J connectivity index is 1.59. The van der Waals surface area contributed by atoms with Gasteiger partial charge in [0.25, 0.3) is 0 Å². The summed E-state index contributed by atoms with van der Waals surface area (Å²) in [7, 11) is 0. The molecule has 2 aromatic rings. The van der Waals surface area contributed by atoms with E-state index in [2.05, 4.69) is 34.1 Å². The van der Waals surface area contributed by atoms with Crippen LogP contribution in [0.1, 0.15) is 28.4 Å². The van der Waals surface area contributed by atoms with Gasteiger partial charge >= 0.3 is 0 Å². The number of ketones is 1. The van der Waals surface area contributed by atoms with Gasteiger partial charge in [-0.1, -0.05) is 30.3 Å². The van der Waals surface area contributed by atoms with Gasteiger partial charge in [0.1, 0.15) is 0 Å². The second-order valence-corrected chi connectivity index (χ2v) is 5.14. The van der Waals surface area contributed by atoms with Gasteiger partial charge in [-0.3, -0.25) is 9.69 Å². The topological polar surface area (TPSA) is 36.1 Å². The van der Waals surface area contributed by atoms with E-state index >= 15 is 0 Å². The molecule has 1 aliphatic heterocycles. The van der Waals surface area contributed by atoms with E-state index in [4.69, 9.17) is 0 Å². The highest BCUT2D eigenvalue weighted by molar-refractivity contribution is 5.95. The summed E-state index contributed by atoms with van der Waals surface area (Å²) >= 11 is 0. The average Bonchev–Trinajstić information content (AvgIpc) is 3.11. The zero-order valence-corrected chi connectivity index (χ0v) is 10.9. The van der Waals surface area contributed by atoms with Crippen LogP contribution in [0.15, 0.2) is 48.7 Å². The van der Waals surface area contributed by atoms with Gasteiger partial charge in [0.2, 0.25) is 0 Å². The second kappa shape index (κ2) is 5.41. The predicted octanol–water partition coefficient (Wildman–Crippen LogP) is 2.69. The summed E-state index contributed by atoms with van der Waals surface area (Å²) in [4.78, 5) is 17.3. The van der Waals surface area contributed by atoms with Crippen LogP contribution < -0.4 is 0 Å². The number of nitrogens with zero attached hydrogens (tertiary/aromatic N) is 1. The van der Waals surface area contributed by atoms with Gasteiger partial charge in [-0.05, 0) is 36.6 Å². The molecule has 2 heterocycles. The number of carbonyl (C=O) groups excluding carboxylic acids is 1. The van der Waals surface area contributed by atoms with E-state index in [0.29, 0.717) is 18.2 Å². The number of H-pyrrole nitrogens is 1. The fraction of sp³-hybridized carbons (Fsp3) is 0.312. The minimum absolute atomic E-state index is 0.179. The second-order valence-electron chi connectivity index (χ2n) is 5.14. The van der Waals surface area contributed by atoms with Crippen LogP contribution in [0, 0.1) is 0 Å². The molecule has 0 radical (unpaired) electrons. The maximum Gasteiger partial charge on any atom is 0.192 e. The molecule has 0 amide bonds. The molecule has 3 heteroatoms. The first-order valence-electron chi connectivity index (χ1n) is 6.77. The SMILES string of the molecule is O=C(CN1CCC(c2ccccc2)C1)c1ccc[nH]1. The fourth-order valence-corrected chi connectivity index (χ4v) is 2.77. The van der Waals surface area contributed by atoms with Gasteiger partial charge in [0, 0.05) is 12.7 Å². The molecule has 0 saturated carbocycles. The van der Waals surface area contributed by atoms with Crippen LogP contribution in [0.4, 0.5) is 0 Å². The normalized spacial score (nSPS) is 19.7. The highest BCUT2D eigenvalue weighted by Gasteiger charge is 2.25. The first-order chi connectivity index (χ1) is 9.33. The third-order valence-corrected chi connectivity index (χ3v) is 3.81. The summed E-state index contributed by atoms with van der Waals surface area (Å²) in [6.07, 6.45) is 2.94. The number of aromatic nitrogens is 1. The number of hydrogen-bond acceptors (Lipinski definition) is 2. The zero-order valence-electron chi connectivity index (χ0n) is 10.9. The van der Waals surface area contributed by atoms with Crippen molar-refractivity contribution in [1.29, 1.82) is 0 Å². The molecule has 1 aromatic heterocycles. The quantitative estimate of drug-likeness (QED) is 0.852. The molecule has 1 fully saturated rings. The highest BCUT2D eigenvalue weighted by Crippen LogP contribution is 2.26. The predicted molar refractivity (Wildman–Crippen MR) is 75.4 cm³/mol. The van der Waals surface area contributed by atoms with E-state index in [1.54, 1.807) is 6.20 Å². The fourth-order valence-electron chi connectivity index (χ4n) is 2.77. The molecule has 0 aliphatic carbocycles. The lowest BCUT2D eigenvalue weighted by Gasteiger charge is -2.14. The molecular weight excluding hydrogens is 236 g/mol. The minimum atomic E-state index is 0.179. The van der Waals surface area contributed by atoms with Gasteiger partial charge in [0.15, 0.2) is 5.78 Å². The maximum absolute atomic E-state index is 12.0. The monoisotopic (exact) mass is 254 g/mol. The Morgan fingerprint density at radius 1 is 1.21 bits per heavy atom. The lowest BCUT2D eigenvalue weighted by molar-refractivity contribution is 0.0940. The number of likely N-dealkylation sites (tertiary alicyclic amines) is 1. The van der Waals surface area contributed by atoms with Crippen LogP contribution in [-0.4, -0.2) is 35.3 Å². The Morgan fingerprint density at radius 3 is 2.79 bits per heavy atom. The van der Waals surface area contributed by atoms with Crippen LogP contribution in [-0.2, 0) is 0 Å². The Hall–Kier alpha value is -1.87. The van der Waals surface area contributed by atoms with Crippen LogP contribution in [0.5, 0.6) is 0 Å². The molecule has 19 heavy (non-hydrogen) atoms. The van der Waals surface area contributed by atoms with Crippen LogP contribution >= 0.6 is 0 Å². The molecule has 1 unspecified atom stereocenters. The molecule has 98 valence electrons. The van der Waals surface area contributed by atoms with Gasteiger partial charge in [0.05, 0.1) is 12.2 Å². The van der Waals surface area contributed by atoms with Crippen molar-refractivity contribution in [2.24, 2.45) is 0 Å². The summed E-state index contributed by atoms with van der Waals surface area (Å²) in [6, 6.07) is 14.3. The van der Waals surface area contributed by atoms with E-state index in [-0.39, 0.29) is 5.78 Å². The number of rotatable bonds is 4. The Labute approximate surface area is 113 Å². The van der Waals surface area contributed by atoms with Crippen molar-refractivity contribution in [1.82, 2.24) is 9.88 Å².